The van der Waals surface area contributed by atoms with Crippen LogP contribution in [0.5, 0.6) is 0 Å². The van der Waals surface area contributed by atoms with E-state index in [-0.39, 0.29) is 6.09 Å². The lowest BCUT2D eigenvalue weighted by molar-refractivity contribution is -0.0300. The summed E-state index contributed by atoms with van der Waals surface area (Å²) in [5, 5.41) is 3.44. The first-order chi connectivity index (χ1) is 10.9. The van der Waals surface area contributed by atoms with Gasteiger partial charge in [0.05, 0.1) is 6.10 Å². The third-order valence-corrected chi connectivity index (χ3v) is 5.76. The van der Waals surface area contributed by atoms with Crippen molar-refractivity contribution in [3.05, 3.63) is 0 Å². The molecule has 3 fully saturated rings. The van der Waals surface area contributed by atoms with E-state index >= 15 is 0 Å². The fourth-order valence-electron chi connectivity index (χ4n) is 4.83. The Morgan fingerprint density at radius 1 is 1.13 bits per heavy atom. The first-order valence-electron chi connectivity index (χ1n) is 9.14. The van der Waals surface area contributed by atoms with E-state index in [2.05, 4.69) is 5.32 Å². The molecule has 3 aliphatic rings. The second-order valence-corrected chi connectivity index (χ2v) is 8.43. The minimum atomic E-state index is -0.413. The van der Waals surface area contributed by atoms with Crippen molar-refractivity contribution in [1.29, 1.82) is 0 Å². The largest absolute Gasteiger partial charge is 0.444 e. The summed E-state index contributed by atoms with van der Waals surface area (Å²) in [6.07, 6.45) is 5.88. The van der Waals surface area contributed by atoms with Gasteiger partial charge in [-0.3, -0.25) is 0 Å². The van der Waals surface area contributed by atoms with Gasteiger partial charge in [0.2, 0.25) is 0 Å². The van der Waals surface area contributed by atoms with Gasteiger partial charge in [0.1, 0.15) is 5.60 Å². The minimum Gasteiger partial charge on any atom is -0.444 e. The van der Waals surface area contributed by atoms with Crippen LogP contribution in [0.4, 0.5) is 4.79 Å². The van der Waals surface area contributed by atoms with Gasteiger partial charge >= 0.3 is 6.09 Å². The summed E-state index contributed by atoms with van der Waals surface area (Å²) >= 11 is 0. The van der Waals surface area contributed by atoms with Crippen LogP contribution in [0.15, 0.2) is 0 Å². The van der Waals surface area contributed by atoms with Crippen molar-refractivity contribution < 1.29 is 14.3 Å². The van der Waals surface area contributed by atoms with E-state index in [1.165, 1.54) is 6.42 Å². The molecule has 3 heterocycles. The zero-order valence-electron chi connectivity index (χ0n) is 15.0. The Balaban J connectivity index is 1.66. The van der Waals surface area contributed by atoms with Crippen LogP contribution in [0.1, 0.15) is 52.9 Å². The monoisotopic (exact) mass is 324 g/mol. The van der Waals surface area contributed by atoms with Gasteiger partial charge in [-0.05, 0) is 71.3 Å². The first-order valence-corrected chi connectivity index (χ1v) is 9.14. The van der Waals surface area contributed by atoms with Crippen molar-refractivity contribution in [2.45, 2.75) is 76.7 Å². The summed E-state index contributed by atoms with van der Waals surface area (Å²) in [4.78, 5) is 14.6. The van der Waals surface area contributed by atoms with Gasteiger partial charge in [0.25, 0.3) is 0 Å². The van der Waals surface area contributed by atoms with Crippen LogP contribution in [0.25, 0.3) is 0 Å². The lowest BCUT2D eigenvalue weighted by Crippen LogP contribution is -2.52. The summed E-state index contributed by atoms with van der Waals surface area (Å²) in [6, 6.07) is 0.724. The topological polar surface area (TPSA) is 50.8 Å². The summed E-state index contributed by atoms with van der Waals surface area (Å²) < 4.78 is 11.4. The van der Waals surface area contributed by atoms with Gasteiger partial charge in [-0.15, -0.1) is 0 Å². The molecule has 23 heavy (non-hydrogen) atoms. The maximum absolute atomic E-state index is 12.5. The molecule has 5 nitrogen and oxygen atoms in total. The van der Waals surface area contributed by atoms with E-state index in [1.807, 2.05) is 32.8 Å². The standard InChI is InChI=1S/C18H32N2O3/c1-18(2,3)23-17(21)20-13-5-6-14(20)10-12(9-13)15-7-8-19-11-16(15)22-4/h12-16,19H,5-11H2,1-4H3. The lowest BCUT2D eigenvalue weighted by atomic mass is 9.75. The highest BCUT2D eigenvalue weighted by molar-refractivity contribution is 5.69. The van der Waals surface area contributed by atoms with Crippen molar-refractivity contribution in [1.82, 2.24) is 10.2 Å². The van der Waals surface area contributed by atoms with Crippen LogP contribution >= 0.6 is 0 Å². The van der Waals surface area contributed by atoms with Gasteiger partial charge in [-0.25, -0.2) is 4.79 Å². The highest BCUT2D eigenvalue weighted by Crippen LogP contribution is 2.44. The number of carbonyl (C=O) groups is 1. The Kier molecular flexibility index (Phi) is 4.88. The highest BCUT2D eigenvalue weighted by Gasteiger charge is 2.47. The maximum Gasteiger partial charge on any atom is 0.410 e. The molecule has 4 unspecified atom stereocenters. The van der Waals surface area contributed by atoms with Crippen LogP contribution in [-0.2, 0) is 9.47 Å². The number of amides is 1. The molecule has 3 saturated heterocycles. The maximum atomic E-state index is 12.5. The molecule has 0 aromatic rings. The van der Waals surface area contributed by atoms with Gasteiger partial charge in [0, 0.05) is 25.7 Å². The van der Waals surface area contributed by atoms with Crippen molar-refractivity contribution >= 4 is 6.09 Å². The average Bonchev–Trinajstić information content (AvgIpc) is 2.76. The molecule has 1 amide bonds. The quantitative estimate of drug-likeness (QED) is 0.848. The number of hydrogen-bond acceptors (Lipinski definition) is 4. The number of methoxy groups -OCH3 is 1. The minimum absolute atomic E-state index is 0.114. The number of nitrogens with one attached hydrogen (secondary N) is 1. The van der Waals surface area contributed by atoms with Crippen molar-refractivity contribution in [2.75, 3.05) is 20.2 Å². The Hall–Kier alpha value is -0.810. The lowest BCUT2D eigenvalue weighted by Gasteiger charge is -2.44. The third kappa shape index (κ3) is 3.66. The van der Waals surface area contributed by atoms with Crippen molar-refractivity contribution in [2.24, 2.45) is 11.8 Å². The van der Waals surface area contributed by atoms with Crippen molar-refractivity contribution in [3.63, 3.8) is 0 Å². The number of nitrogens with zero attached hydrogens (tertiary/aromatic N) is 1. The Morgan fingerprint density at radius 3 is 2.35 bits per heavy atom. The molecular formula is C18H32N2O3. The fraction of sp³-hybridized carbons (Fsp3) is 0.944. The molecule has 0 aliphatic carbocycles. The number of piperidine rings is 2. The predicted molar refractivity (Wildman–Crippen MR) is 89.4 cm³/mol. The average molecular weight is 324 g/mol. The van der Waals surface area contributed by atoms with Crippen molar-refractivity contribution in [3.8, 4) is 0 Å². The van der Waals surface area contributed by atoms with Crippen LogP contribution in [0, 0.1) is 11.8 Å². The van der Waals surface area contributed by atoms with E-state index in [0.29, 0.717) is 30.0 Å². The highest BCUT2D eigenvalue weighted by atomic mass is 16.6. The van der Waals surface area contributed by atoms with Gasteiger partial charge in [0.15, 0.2) is 0 Å². The molecule has 2 bridgehead atoms. The Morgan fingerprint density at radius 2 is 1.78 bits per heavy atom. The smallest absolute Gasteiger partial charge is 0.410 e. The predicted octanol–water partition coefficient (Wildman–Crippen LogP) is 2.79. The van der Waals surface area contributed by atoms with E-state index < -0.39 is 5.60 Å². The molecule has 1 N–H and O–H groups in total. The SMILES string of the molecule is COC1CNCCC1C1CC2CCC(C1)N2C(=O)OC(C)(C)C. The molecule has 5 heteroatoms. The molecule has 132 valence electrons. The normalized spacial score (nSPS) is 37.7. The second kappa shape index (κ2) is 6.60. The fourth-order valence-corrected chi connectivity index (χ4v) is 4.83. The number of fused-ring (bicyclic) bond motifs is 2. The molecule has 0 aromatic heterocycles. The Labute approximate surface area is 140 Å². The molecule has 3 aliphatic heterocycles. The number of carbonyl (C=O) groups excluding carboxylic acids is 1. The summed E-state index contributed by atoms with van der Waals surface area (Å²) in [5.74, 6) is 1.31. The molecule has 3 rings (SSSR count). The molecular weight excluding hydrogens is 292 g/mol. The summed E-state index contributed by atoms with van der Waals surface area (Å²) in [6.45, 7) is 7.88. The third-order valence-electron chi connectivity index (χ3n) is 5.76. The van der Waals surface area contributed by atoms with Gasteiger partial charge in [-0.2, -0.15) is 0 Å². The zero-order valence-corrected chi connectivity index (χ0v) is 15.0. The van der Waals surface area contributed by atoms with Crippen LogP contribution < -0.4 is 5.32 Å². The van der Waals surface area contributed by atoms with Gasteiger partial charge < -0.3 is 19.7 Å². The number of rotatable bonds is 2. The second-order valence-electron chi connectivity index (χ2n) is 8.43. The van der Waals surface area contributed by atoms with E-state index in [4.69, 9.17) is 9.47 Å². The van der Waals surface area contributed by atoms with Crippen LogP contribution in [-0.4, -0.2) is 55.0 Å². The molecule has 0 spiro atoms. The summed E-state index contributed by atoms with van der Waals surface area (Å²) in [7, 11) is 1.83. The Bertz CT molecular complexity index is 420. The molecule has 0 saturated carbocycles. The van der Waals surface area contributed by atoms with Crippen LogP contribution in [0.3, 0.4) is 0 Å². The molecule has 0 radical (unpaired) electrons. The van der Waals surface area contributed by atoms with E-state index in [1.54, 1.807) is 0 Å². The van der Waals surface area contributed by atoms with E-state index in [0.717, 1.165) is 38.8 Å². The number of hydrogen-bond donors (Lipinski definition) is 1. The van der Waals surface area contributed by atoms with Gasteiger partial charge in [-0.1, -0.05) is 0 Å². The zero-order chi connectivity index (χ0) is 16.6. The summed E-state index contributed by atoms with van der Waals surface area (Å²) in [5.41, 5.74) is -0.413. The van der Waals surface area contributed by atoms with Crippen LogP contribution in [0.2, 0.25) is 0 Å². The first kappa shape index (κ1) is 17.0. The number of ether oxygens (including phenoxy) is 2. The molecule has 4 atom stereocenters. The van der Waals surface area contributed by atoms with E-state index in [9.17, 15) is 4.79 Å². The molecule has 0 aromatic carbocycles.